The highest BCUT2D eigenvalue weighted by Crippen LogP contribution is 2.40. The largest absolute Gasteiger partial charge is 0.349 e. The molecule has 1 N–H and O–H groups in total. The highest BCUT2D eigenvalue weighted by molar-refractivity contribution is 6.05. The molecule has 0 spiro atoms. The van der Waals surface area contributed by atoms with Crippen LogP contribution in [0.2, 0.25) is 0 Å². The zero-order valence-corrected chi connectivity index (χ0v) is 14.5. The van der Waals surface area contributed by atoms with Crippen LogP contribution in [-0.4, -0.2) is 26.7 Å². The Morgan fingerprint density at radius 3 is 2.61 bits per heavy atom. The molecule has 124 valence electrons. The predicted molar refractivity (Wildman–Crippen MR) is 91.7 cm³/mol. The first-order chi connectivity index (χ1) is 11.0. The molecule has 0 unspecified atom stereocenters. The lowest BCUT2D eigenvalue weighted by atomic mass is 10.1. The first kappa shape index (κ1) is 16.0. The van der Waals surface area contributed by atoms with Crippen molar-refractivity contribution in [2.24, 2.45) is 0 Å². The third kappa shape index (κ3) is 3.09. The van der Waals surface area contributed by atoms with E-state index in [9.17, 15) is 4.79 Å². The van der Waals surface area contributed by atoms with E-state index in [1.54, 1.807) is 6.20 Å². The lowest BCUT2D eigenvalue weighted by Gasteiger charge is -2.16. The molecule has 0 atom stereocenters. The van der Waals surface area contributed by atoms with Crippen LogP contribution in [0, 0.1) is 0 Å². The fourth-order valence-electron chi connectivity index (χ4n) is 2.95. The first-order valence-electron chi connectivity index (χ1n) is 8.74. The van der Waals surface area contributed by atoms with E-state index in [1.807, 2.05) is 10.7 Å². The topological polar surface area (TPSA) is 59.8 Å². The maximum Gasteiger partial charge on any atom is 0.252 e. The van der Waals surface area contributed by atoms with Crippen LogP contribution in [0.5, 0.6) is 0 Å². The summed E-state index contributed by atoms with van der Waals surface area (Å²) < 4.78 is 1.91. The van der Waals surface area contributed by atoms with E-state index < -0.39 is 0 Å². The van der Waals surface area contributed by atoms with E-state index >= 15 is 0 Å². The Kier molecular flexibility index (Phi) is 4.37. The SMILES string of the molecule is CCC(CC)NC(=O)c1cc(C2CC2)nc2c1cnn2C(C)C. The second-order valence-corrected chi connectivity index (χ2v) is 6.78. The highest BCUT2D eigenvalue weighted by atomic mass is 16.1. The van der Waals surface area contributed by atoms with Crippen molar-refractivity contribution < 1.29 is 4.79 Å². The number of aromatic nitrogens is 3. The summed E-state index contributed by atoms with van der Waals surface area (Å²) in [4.78, 5) is 17.6. The van der Waals surface area contributed by atoms with E-state index in [4.69, 9.17) is 4.98 Å². The summed E-state index contributed by atoms with van der Waals surface area (Å²) in [6.07, 6.45) is 6.00. The van der Waals surface area contributed by atoms with Gasteiger partial charge in [-0.1, -0.05) is 13.8 Å². The smallest absolute Gasteiger partial charge is 0.252 e. The van der Waals surface area contributed by atoms with Gasteiger partial charge < -0.3 is 5.32 Å². The maximum atomic E-state index is 12.8. The van der Waals surface area contributed by atoms with Crippen LogP contribution >= 0.6 is 0 Å². The number of carbonyl (C=O) groups excluding carboxylic acids is 1. The molecule has 5 nitrogen and oxygen atoms in total. The van der Waals surface area contributed by atoms with Gasteiger partial charge in [0.15, 0.2) is 5.65 Å². The third-order valence-electron chi connectivity index (χ3n) is 4.64. The van der Waals surface area contributed by atoms with E-state index in [-0.39, 0.29) is 18.0 Å². The molecule has 0 aromatic carbocycles. The normalized spacial score (nSPS) is 14.9. The fourth-order valence-corrected chi connectivity index (χ4v) is 2.95. The summed E-state index contributed by atoms with van der Waals surface area (Å²) in [7, 11) is 0. The number of hydrogen-bond acceptors (Lipinski definition) is 3. The summed E-state index contributed by atoms with van der Waals surface area (Å²) in [5.74, 6) is 0.505. The Balaban J connectivity index is 2.05. The van der Waals surface area contributed by atoms with Crippen molar-refractivity contribution in [3.05, 3.63) is 23.5 Å². The molecule has 1 fully saturated rings. The van der Waals surface area contributed by atoms with Crippen LogP contribution < -0.4 is 5.32 Å². The van der Waals surface area contributed by atoms with Gasteiger partial charge in [0.05, 0.1) is 17.1 Å². The number of pyridine rings is 1. The standard InChI is InChI=1S/C18H26N4O/c1-5-13(6-2)20-18(23)14-9-16(12-7-8-12)21-17-15(14)10-19-22(17)11(3)4/h9-13H,5-8H2,1-4H3,(H,20,23). The first-order valence-corrected chi connectivity index (χ1v) is 8.74. The number of fused-ring (bicyclic) bond motifs is 1. The highest BCUT2D eigenvalue weighted by Gasteiger charge is 2.28. The van der Waals surface area contributed by atoms with Crippen LogP contribution in [0.4, 0.5) is 0 Å². The molecular formula is C18H26N4O. The van der Waals surface area contributed by atoms with E-state index in [0.29, 0.717) is 5.92 Å². The molecule has 23 heavy (non-hydrogen) atoms. The van der Waals surface area contributed by atoms with Crippen molar-refractivity contribution in [3.8, 4) is 0 Å². The maximum absolute atomic E-state index is 12.8. The van der Waals surface area contributed by atoms with Crippen molar-refractivity contribution in [2.45, 2.75) is 71.4 Å². The van der Waals surface area contributed by atoms with E-state index in [0.717, 1.165) is 35.1 Å². The Labute approximate surface area is 137 Å². The molecule has 0 bridgehead atoms. The van der Waals surface area contributed by atoms with Gasteiger partial charge >= 0.3 is 0 Å². The van der Waals surface area contributed by atoms with Crippen LogP contribution in [0.25, 0.3) is 11.0 Å². The van der Waals surface area contributed by atoms with Gasteiger partial charge in [-0.25, -0.2) is 9.67 Å². The van der Waals surface area contributed by atoms with Crippen LogP contribution in [-0.2, 0) is 0 Å². The number of rotatable bonds is 6. The van der Waals surface area contributed by atoms with Gasteiger partial charge in [-0.15, -0.1) is 0 Å². The summed E-state index contributed by atoms with van der Waals surface area (Å²) in [6.45, 7) is 8.37. The monoisotopic (exact) mass is 314 g/mol. The number of nitrogens with one attached hydrogen (secondary N) is 1. The van der Waals surface area contributed by atoms with Crippen molar-refractivity contribution in [3.63, 3.8) is 0 Å². The van der Waals surface area contributed by atoms with Gasteiger partial charge in [-0.2, -0.15) is 5.10 Å². The molecular weight excluding hydrogens is 288 g/mol. The Bertz CT molecular complexity index is 711. The van der Waals surface area contributed by atoms with Gasteiger partial charge in [0.25, 0.3) is 5.91 Å². The Morgan fingerprint density at radius 1 is 1.35 bits per heavy atom. The number of hydrogen-bond donors (Lipinski definition) is 1. The molecule has 2 heterocycles. The molecule has 0 aliphatic heterocycles. The van der Waals surface area contributed by atoms with Gasteiger partial charge in [0.2, 0.25) is 0 Å². The van der Waals surface area contributed by atoms with Crippen molar-refractivity contribution >= 4 is 16.9 Å². The lowest BCUT2D eigenvalue weighted by Crippen LogP contribution is -2.34. The molecule has 0 radical (unpaired) electrons. The zero-order valence-electron chi connectivity index (χ0n) is 14.5. The summed E-state index contributed by atoms with van der Waals surface area (Å²) in [6, 6.07) is 2.42. The van der Waals surface area contributed by atoms with Crippen LogP contribution in [0.1, 0.15) is 81.4 Å². The summed E-state index contributed by atoms with van der Waals surface area (Å²) in [5.41, 5.74) is 2.59. The molecule has 1 aliphatic rings. The van der Waals surface area contributed by atoms with E-state index in [1.165, 1.54) is 12.8 Å². The summed E-state index contributed by atoms with van der Waals surface area (Å²) in [5, 5.41) is 8.45. The van der Waals surface area contributed by atoms with Crippen LogP contribution in [0.3, 0.4) is 0 Å². The molecule has 2 aromatic rings. The van der Waals surface area contributed by atoms with Crippen molar-refractivity contribution in [2.75, 3.05) is 0 Å². The van der Waals surface area contributed by atoms with Gasteiger partial charge in [0.1, 0.15) is 0 Å². The number of amides is 1. The minimum atomic E-state index is -0.00342. The molecule has 2 aromatic heterocycles. The number of carbonyl (C=O) groups is 1. The van der Waals surface area contributed by atoms with Gasteiger partial charge in [0, 0.05) is 23.7 Å². The number of nitrogens with zero attached hydrogens (tertiary/aromatic N) is 3. The van der Waals surface area contributed by atoms with Gasteiger partial charge in [-0.3, -0.25) is 4.79 Å². The average molecular weight is 314 g/mol. The fraction of sp³-hybridized carbons (Fsp3) is 0.611. The second kappa shape index (κ2) is 6.30. The second-order valence-electron chi connectivity index (χ2n) is 6.78. The predicted octanol–water partition coefficient (Wildman–Crippen LogP) is 3.81. The van der Waals surface area contributed by atoms with E-state index in [2.05, 4.69) is 38.1 Å². The molecule has 1 aliphatic carbocycles. The third-order valence-corrected chi connectivity index (χ3v) is 4.64. The summed E-state index contributed by atoms with van der Waals surface area (Å²) >= 11 is 0. The van der Waals surface area contributed by atoms with Crippen molar-refractivity contribution in [1.29, 1.82) is 0 Å². The average Bonchev–Trinajstić information content (AvgIpc) is 3.30. The molecule has 1 amide bonds. The minimum absolute atomic E-state index is 0.00342. The molecule has 1 saturated carbocycles. The zero-order chi connectivity index (χ0) is 16.6. The van der Waals surface area contributed by atoms with Crippen molar-refractivity contribution in [1.82, 2.24) is 20.1 Å². The molecule has 0 saturated heterocycles. The minimum Gasteiger partial charge on any atom is -0.349 e. The lowest BCUT2D eigenvalue weighted by molar-refractivity contribution is 0.0936. The Hall–Kier alpha value is -1.91. The molecule has 3 rings (SSSR count). The van der Waals surface area contributed by atoms with Gasteiger partial charge in [-0.05, 0) is 45.6 Å². The Morgan fingerprint density at radius 2 is 2.04 bits per heavy atom. The quantitative estimate of drug-likeness (QED) is 0.882. The molecule has 5 heteroatoms. The van der Waals surface area contributed by atoms with Crippen LogP contribution in [0.15, 0.2) is 12.3 Å².